The molecular formula is C17H20N2O3. The van der Waals surface area contributed by atoms with Gasteiger partial charge in [0.1, 0.15) is 0 Å². The first-order valence-electron chi connectivity index (χ1n) is 7.22. The van der Waals surface area contributed by atoms with Gasteiger partial charge >= 0.3 is 0 Å². The third-order valence-electron chi connectivity index (χ3n) is 3.50. The zero-order chi connectivity index (χ0) is 15.9. The lowest BCUT2D eigenvalue weighted by atomic mass is 10.1. The average Bonchev–Trinajstić information content (AvgIpc) is 2.54. The monoisotopic (exact) mass is 300 g/mol. The molecule has 5 heteroatoms. The summed E-state index contributed by atoms with van der Waals surface area (Å²) in [6.07, 6.45) is 2.25. The van der Waals surface area contributed by atoms with Crippen LogP contribution in [0.5, 0.6) is 0 Å². The summed E-state index contributed by atoms with van der Waals surface area (Å²) in [7, 11) is 1.61. The highest BCUT2D eigenvalue weighted by Gasteiger charge is 2.15. The normalized spacial score (nSPS) is 10.5. The Morgan fingerprint density at radius 1 is 1.14 bits per heavy atom. The van der Waals surface area contributed by atoms with Gasteiger partial charge in [-0.3, -0.25) is 9.59 Å². The maximum Gasteiger partial charge on any atom is 0.255 e. The Bertz CT molecular complexity index is 680. The fourth-order valence-electron chi connectivity index (χ4n) is 2.25. The Kier molecular flexibility index (Phi) is 5.49. The zero-order valence-electron chi connectivity index (χ0n) is 12.6. The van der Waals surface area contributed by atoms with Gasteiger partial charge in [-0.1, -0.05) is 30.3 Å². The van der Waals surface area contributed by atoms with Crippen LogP contribution in [0.3, 0.4) is 0 Å². The fourth-order valence-corrected chi connectivity index (χ4v) is 2.25. The summed E-state index contributed by atoms with van der Waals surface area (Å²) >= 11 is 0. The number of aliphatic hydroxyl groups excluding tert-OH is 1. The molecule has 0 atom stereocenters. The Labute approximate surface area is 129 Å². The van der Waals surface area contributed by atoms with E-state index in [0.29, 0.717) is 12.1 Å². The molecule has 0 bridgehead atoms. The lowest BCUT2D eigenvalue weighted by Gasteiger charge is -2.22. The minimum Gasteiger partial charge on any atom is -0.395 e. The van der Waals surface area contributed by atoms with Crippen LogP contribution in [-0.4, -0.2) is 40.2 Å². The molecule has 0 spiro atoms. The number of pyridine rings is 1. The van der Waals surface area contributed by atoms with Crippen LogP contribution in [-0.2, 0) is 13.5 Å². The number of benzene rings is 1. The van der Waals surface area contributed by atoms with Crippen molar-refractivity contribution in [3.8, 4) is 0 Å². The van der Waals surface area contributed by atoms with E-state index in [1.807, 2.05) is 30.3 Å². The second-order valence-electron chi connectivity index (χ2n) is 5.12. The van der Waals surface area contributed by atoms with Gasteiger partial charge in [0.05, 0.1) is 12.2 Å². The van der Waals surface area contributed by atoms with Crippen molar-refractivity contribution in [3.05, 3.63) is 70.1 Å². The average molecular weight is 300 g/mol. The molecule has 1 aromatic heterocycles. The van der Waals surface area contributed by atoms with Crippen molar-refractivity contribution < 1.29 is 9.90 Å². The predicted octanol–water partition coefficient (Wildman–Crippen LogP) is 1.06. The third kappa shape index (κ3) is 4.05. The predicted molar refractivity (Wildman–Crippen MR) is 84.8 cm³/mol. The molecule has 5 nitrogen and oxygen atoms in total. The molecule has 0 saturated carbocycles. The number of aryl methyl sites for hydroxylation is 1. The third-order valence-corrected chi connectivity index (χ3v) is 3.50. The lowest BCUT2D eigenvalue weighted by molar-refractivity contribution is 0.0723. The fraction of sp³-hybridized carbons (Fsp3) is 0.294. The lowest BCUT2D eigenvalue weighted by Crippen LogP contribution is -2.36. The molecular weight excluding hydrogens is 280 g/mol. The van der Waals surface area contributed by atoms with Gasteiger partial charge in [-0.15, -0.1) is 0 Å². The Morgan fingerprint density at radius 3 is 2.50 bits per heavy atom. The first-order chi connectivity index (χ1) is 10.6. The van der Waals surface area contributed by atoms with Gasteiger partial charge in [0.25, 0.3) is 5.91 Å². The standard InChI is InChI=1S/C17H20N2O3/c1-18-13-15(7-8-16(18)21)17(22)19(11-12-20)10-9-14-5-3-2-4-6-14/h2-8,13,20H,9-12H2,1H3. The van der Waals surface area contributed by atoms with Crippen LogP contribution in [0.2, 0.25) is 0 Å². The second-order valence-corrected chi connectivity index (χ2v) is 5.12. The second kappa shape index (κ2) is 7.56. The van der Waals surface area contributed by atoms with E-state index in [9.17, 15) is 14.7 Å². The molecule has 0 saturated heterocycles. The maximum atomic E-state index is 12.5. The number of carbonyl (C=O) groups excluding carboxylic acids is 1. The summed E-state index contributed by atoms with van der Waals surface area (Å²) in [5, 5.41) is 9.18. The Balaban J connectivity index is 2.10. The molecule has 1 amide bonds. The van der Waals surface area contributed by atoms with E-state index in [-0.39, 0.29) is 24.6 Å². The van der Waals surface area contributed by atoms with Gasteiger partial charge < -0.3 is 14.6 Å². The van der Waals surface area contributed by atoms with E-state index < -0.39 is 0 Å². The van der Waals surface area contributed by atoms with Gasteiger partial charge in [0, 0.05) is 32.4 Å². The smallest absolute Gasteiger partial charge is 0.255 e. The van der Waals surface area contributed by atoms with E-state index in [4.69, 9.17) is 0 Å². The van der Waals surface area contributed by atoms with Crippen molar-refractivity contribution in [1.29, 1.82) is 0 Å². The topological polar surface area (TPSA) is 62.5 Å². The molecule has 0 unspecified atom stereocenters. The van der Waals surface area contributed by atoms with Crippen LogP contribution in [0.1, 0.15) is 15.9 Å². The van der Waals surface area contributed by atoms with Crippen molar-refractivity contribution in [3.63, 3.8) is 0 Å². The van der Waals surface area contributed by atoms with Gasteiger partial charge in [-0.2, -0.15) is 0 Å². The molecule has 2 rings (SSSR count). The van der Waals surface area contributed by atoms with Crippen LogP contribution in [0, 0.1) is 0 Å². The zero-order valence-corrected chi connectivity index (χ0v) is 12.6. The molecule has 0 aliphatic heterocycles. The van der Waals surface area contributed by atoms with Gasteiger partial charge in [-0.05, 0) is 18.1 Å². The molecule has 0 radical (unpaired) electrons. The van der Waals surface area contributed by atoms with Gasteiger partial charge in [0.2, 0.25) is 5.56 Å². The van der Waals surface area contributed by atoms with E-state index in [0.717, 1.165) is 12.0 Å². The first kappa shape index (κ1) is 16.0. The highest BCUT2D eigenvalue weighted by atomic mass is 16.3. The van der Waals surface area contributed by atoms with E-state index >= 15 is 0 Å². The molecule has 1 aromatic carbocycles. The van der Waals surface area contributed by atoms with E-state index in [1.165, 1.54) is 22.9 Å². The van der Waals surface area contributed by atoms with Crippen LogP contribution in [0.15, 0.2) is 53.5 Å². The first-order valence-corrected chi connectivity index (χ1v) is 7.22. The summed E-state index contributed by atoms with van der Waals surface area (Å²) < 4.78 is 1.38. The van der Waals surface area contributed by atoms with Crippen molar-refractivity contribution in [2.45, 2.75) is 6.42 Å². The molecule has 22 heavy (non-hydrogen) atoms. The molecule has 0 aliphatic rings. The molecule has 0 aliphatic carbocycles. The van der Waals surface area contributed by atoms with Gasteiger partial charge in [-0.25, -0.2) is 0 Å². The largest absolute Gasteiger partial charge is 0.395 e. The molecule has 0 fully saturated rings. The highest BCUT2D eigenvalue weighted by Crippen LogP contribution is 2.06. The quantitative estimate of drug-likeness (QED) is 0.868. The van der Waals surface area contributed by atoms with Crippen LogP contribution >= 0.6 is 0 Å². The summed E-state index contributed by atoms with van der Waals surface area (Å²) in [4.78, 5) is 25.5. The molecule has 1 N–H and O–H groups in total. The number of carbonyl (C=O) groups is 1. The minimum absolute atomic E-state index is 0.0910. The number of aromatic nitrogens is 1. The number of aliphatic hydroxyl groups is 1. The maximum absolute atomic E-state index is 12.5. The van der Waals surface area contributed by atoms with Crippen molar-refractivity contribution in [2.24, 2.45) is 7.05 Å². The molecule has 1 heterocycles. The SMILES string of the molecule is Cn1cc(C(=O)N(CCO)CCc2ccccc2)ccc1=O. The Hall–Kier alpha value is -2.40. The summed E-state index contributed by atoms with van der Waals surface area (Å²) in [6.45, 7) is 0.701. The number of nitrogens with zero attached hydrogens (tertiary/aromatic N) is 2. The van der Waals surface area contributed by atoms with Crippen LogP contribution < -0.4 is 5.56 Å². The molecule has 116 valence electrons. The van der Waals surface area contributed by atoms with Crippen molar-refractivity contribution >= 4 is 5.91 Å². The number of amides is 1. The minimum atomic E-state index is -0.180. The van der Waals surface area contributed by atoms with E-state index in [1.54, 1.807) is 11.9 Å². The van der Waals surface area contributed by atoms with E-state index in [2.05, 4.69) is 0 Å². The molecule has 2 aromatic rings. The van der Waals surface area contributed by atoms with Crippen LogP contribution in [0.25, 0.3) is 0 Å². The van der Waals surface area contributed by atoms with Crippen molar-refractivity contribution in [1.82, 2.24) is 9.47 Å². The number of rotatable bonds is 6. The van der Waals surface area contributed by atoms with Gasteiger partial charge in [0.15, 0.2) is 0 Å². The number of hydrogen-bond donors (Lipinski definition) is 1. The summed E-state index contributed by atoms with van der Waals surface area (Å²) in [5.74, 6) is -0.180. The highest BCUT2D eigenvalue weighted by molar-refractivity contribution is 5.93. The van der Waals surface area contributed by atoms with Crippen LogP contribution in [0.4, 0.5) is 0 Å². The number of hydrogen-bond acceptors (Lipinski definition) is 3. The summed E-state index contributed by atoms with van der Waals surface area (Å²) in [5.41, 5.74) is 1.43. The van der Waals surface area contributed by atoms with Crippen molar-refractivity contribution in [2.75, 3.05) is 19.7 Å². The Morgan fingerprint density at radius 2 is 1.86 bits per heavy atom. The summed E-state index contributed by atoms with van der Waals surface area (Å²) in [6, 6.07) is 12.8.